The van der Waals surface area contributed by atoms with Gasteiger partial charge in [-0.25, -0.2) is 0 Å². The number of nitrogens with zero attached hydrogens (tertiary/aromatic N) is 1. The normalized spacial score (nSPS) is 31.1. The lowest BCUT2D eigenvalue weighted by molar-refractivity contribution is -0.135. The number of hydrogen-bond donors (Lipinski definition) is 2. The summed E-state index contributed by atoms with van der Waals surface area (Å²) in [5, 5.41) is 6.02. The Labute approximate surface area is 95.6 Å². The Bertz CT molecular complexity index is 293. The predicted octanol–water partition coefficient (Wildman–Crippen LogP) is -0.810. The van der Waals surface area contributed by atoms with Crippen molar-refractivity contribution in [3.05, 3.63) is 0 Å². The van der Waals surface area contributed by atoms with Gasteiger partial charge in [0.05, 0.1) is 5.92 Å². The number of hydrogen-bond acceptors (Lipinski definition) is 3. The van der Waals surface area contributed by atoms with Crippen molar-refractivity contribution in [2.75, 3.05) is 32.7 Å². The summed E-state index contributed by atoms with van der Waals surface area (Å²) in [5.74, 6) is 0.745. The average Bonchev–Trinajstić information content (AvgIpc) is 2.56. The summed E-state index contributed by atoms with van der Waals surface area (Å²) in [6.07, 6.45) is 0.431. The van der Waals surface area contributed by atoms with Crippen molar-refractivity contribution >= 4 is 11.8 Å². The molecule has 0 aromatic carbocycles. The summed E-state index contributed by atoms with van der Waals surface area (Å²) in [5.41, 5.74) is 0. The lowest BCUT2D eigenvalue weighted by Gasteiger charge is -2.24. The summed E-state index contributed by atoms with van der Waals surface area (Å²) < 4.78 is 0. The third kappa shape index (κ3) is 2.35. The van der Waals surface area contributed by atoms with Gasteiger partial charge in [-0.1, -0.05) is 6.92 Å². The second-order valence-electron chi connectivity index (χ2n) is 4.67. The Hall–Kier alpha value is -1.10. The van der Waals surface area contributed by atoms with Crippen molar-refractivity contribution in [3.8, 4) is 0 Å². The lowest BCUT2D eigenvalue weighted by Crippen LogP contribution is -2.40. The average molecular weight is 225 g/mol. The zero-order chi connectivity index (χ0) is 11.5. The third-order valence-electron chi connectivity index (χ3n) is 3.46. The molecule has 90 valence electrons. The van der Waals surface area contributed by atoms with Gasteiger partial charge in [0.1, 0.15) is 0 Å². The van der Waals surface area contributed by atoms with Crippen LogP contribution >= 0.6 is 0 Å². The largest absolute Gasteiger partial charge is 0.354 e. The fourth-order valence-electron chi connectivity index (χ4n) is 2.36. The standard InChI is InChI=1S/C11H19N3O2/c1-8-6-12-7-9(8)11(16)14-4-2-10(15)13-3-5-14/h8-9,12H,2-7H2,1H3,(H,13,15)/t8-,9-/m1/s1. The van der Waals surface area contributed by atoms with E-state index in [2.05, 4.69) is 17.6 Å². The highest BCUT2D eigenvalue weighted by Gasteiger charge is 2.33. The van der Waals surface area contributed by atoms with Gasteiger partial charge in [-0.05, 0) is 12.5 Å². The summed E-state index contributed by atoms with van der Waals surface area (Å²) >= 11 is 0. The van der Waals surface area contributed by atoms with Crippen LogP contribution in [0.1, 0.15) is 13.3 Å². The number of rotatable bonds is 1. The van der Waals surface area contributed by atoms with Crippen LogP contribution in [-0.2, 0) is 9.59 Å². The van der Waals surface area contributed by atoms with Crippen LogP contribution in [0.2, 0.25) is 0 Å². The molecule has 0 unspecified atom stereocenters. The predicted molar refractivity (Wildman–Crippen MR) is 59.7 cm³/mol. The summed E-state index contributed by atoms with van der Waals surface area (Å²) in [4.78, 5) is 25.2. The summed E-state index contributed by atoms with van der Waals surface area (Å²) in [6.45, 7) is 5.59. The first kappa shape index (κ1) is 11.4. The Morgan fingerprint density at radius 1 is 1.38 bits per heavy atom. The molecule has 2 N–H and O–H groups in total. The smallest absolute Gasteiger partial charge is 0.227 e. The van der Waals surface area contributed by atoms with Crippen LogP contribution in [-0.4, -0.2) is 49.4 Å². The number of carbonyl (C=O) groups excluding carboxylic acids is 2. The van der Waals surface area contributed by atoms with Crippen molar-refractivity contribution in [1.29, 1.82) is 0 Å². The molecule has 0 aromatic rings. The van der Waals surface area contributed by atoms with E-state index in [-0.39, 0.29) is 17.7 Å². The van der Waals surface area contributed by atoms with E-state index in [1.807, 2.05) is 4.90 Å². The molecule has 16 heavy (non-hydrogen) atoms. The molecule has 0 bridgehead atoms. The van der Waals surface area contributed by atoms with E-state index < -0.39 is 0 Å². The van der Waals surface area contributed by atoms with Gasteiger partial charge in [-0.3, -0.25) is 9.59 Å². The maximum atomic E-state index is 12.2. The van der Waals surface area contributed by atoms with Crippen LogP contribution in [0.3, 0.4) is 0 Å². The van der Waals surface area contributed by atoms with Crippen LogP contribution in [0, 0.1) is 11.8 Å². The van der Waals surface area contributed by atoms with Crippen LogP contribution in [0.25, 0.3) is 0 Å². The topological polar surface area (TPSA) is 61.4 Å². The minimum atomic E-state index is 0.0490. The van der Waals surface area contributed by atoms with Crippen molar-refractivity contribution in [2.45, 2.75) is 13.3 Å². The first-order chi connectivity index (χ1) is 7.68. The SMILES string of the molecule is C[C@@H]1CNC[C@H]1C(=O)N1CCNC(=O)CC1. The number of amides is 2. The highest BCUT2D eigenvalue weighted by Crippen LogP contribution is 2.19. The van der Waals surface area contributed by atoms with Crippen LogP contribution in [0.15, 0.2) is 0 Å². The first-order valence-corrected chi connectivity index (χ1v) is 5.94. The fraction of sp³-hybridized carbons (Fsp3) is 0.818. The van der Waals surface area contributed by atoms with Gasteiger partial charge in [0, 0.05) is 32.6 Å². The molecular formula is C11H19N3O2. The van der Waals surface area contributed by atoms with Crippen LogP contribution in [0.4, 0.5) is 0 Å². The van der Waals surface area contributed by atoms with Gasteiger partial charge in [0.15, 0.2) is 0 Å². The molecule has 2 aliphatic rings. The molecule has 2 saturated heterocycles. The highest BCUT2D eigenvalue weighted by molar-refractivity contribution is 5.82. The summed E-state index contributed by atoms with van der Waals surface area (Å²) in [7, 11) is 0. The minimum absolute atomic E-state index is 0.0490. The van der Waals surface area contributed by atoms with Gasteiger partial charge < -0.3 is 15.5 Å². The molecule has 2 amide bonds. The second-order valence-corrected chi connectivity index (χ2v) is 4.67. The van der Waals surface area contributed by atoms with Gasteiger partial charge >= 0.3 is 0 Å². The first-order valence-electron chi connectivity index (χ1n) is 5.94. The van der Waals surface area contributed by atoms with E-state index in [4.69, 9.17) is 0 Å². The molecule has 2 rings (SSSR count). The lowest BCUT2D eigenvalue weighted by atomic mass is 9.96. The van der Waals surface area contributed by atoms with Crippen LogP contribution in [0.5, 0.6) is 0 Å². The molecule has 0 spiro atoms. The Morgan fingerprint density at radius 2 is 2.19 bits per heavy atom. The van der Waals surface area contributed by atoms with Crippen molar-refractivity contribution in [2.24, 2.45) is 11.8 Å². The molecule has 2 aliphatic heterocycles. The third-order valence-corrected chi connectivity index (χ3v) is 3.46. The molecule has 5 heteroatoms. The van der Waals surface area contributed by atoms with Gasteiger partial charge in [0.2, 0.25) is 11.8 Å². The van der Waals surface area contributed by atoms with E-state index in [0.717, 1.165) is 13.1 Å². The van der Waals surface area contributed by atoms with Gasteiger partial charge in [0.25, 0.3) is 0 Å². The van der Waals surface area contributed by atoms with Gasteiger partial charge in [-0.2, -0.15) is 0 Å². The second kappa shape index (κ2) is 4.82. The van der Waals surface area contributed by atoms with E-state index in [9.17, 15) is 9.59 Å². The molecule has 0 radical (unpaired) electrons. The molecule has 2 atom stereocenters. The van der Waals surface area contributed by atoms with Crippen molar-refractivity contribution < 1.29 is 9.59 Å². The molecule has 5 nitrogen and oxygen atoms in total. The van der Waals surface area contributed by atoms with Crippen LogP contribution < -0.4 is 10.6 Å². The Kier molecular flexibility index (Phi) is 3.43. The molecule has 0 aromatic heterocycles. The molecule has 2 fully saturated rings. The van der Waals surface area contributed by atoms with Crippen molar-refractivity contribution in [3.63, 3.8) is 0 Å². The Balaban J connectivity index is 1.95. The van der Waals surface area contributed by atoms with E-state index in [1.54, 1.807) is 0 Å². The number of carbonyl (C=O) groups is 2. The van der Waals surface area contributed by atoms with Crippen molar-refractivity contribution in [1.82, 2.24) is 15.5 Å². The van der Waals surface area contributed by atoms with E-state index in [0.29, 0.717) is 32.0 Å². The zero-order valence-electron chi connectivity index (χ0n) is 9.66. The zero-order valence-corrected chi connectivity index (χ0v) is 9.66. The van der Waals surface area contributed by atoms with E-state index in [1.165, 1.54) is 0 Å². The highest BCUT2D eigenvalue weighted by atomic mass is 16.2. The van der Waals surface area contributed by atoms with Gasteiger partial charge in [-0.15, -0.1) is 0 Å². The molecule has 0 saturated carbocycles. The fourth-order valence-corrected chi connectivity index (χ4v) is 2.36. The quantitative estimate of drug-likeness (QED) is 0.613. The monoisotopic (exact) mass is 225 g/mol. The molecule has 0 aliphatic carbocycles. The Morgan fingerprint density at radius 3 is 2.88 bits per heavy atom. The maximum Gasteiger partial charge on any atom is 0.227 e. The number of nitrogens with one attached hydrogen (secondary N) is 2. The maximum absolute atomic E-state index is 12.2. The molecule has 2 heterocycles. The molecular weight excluding hydrogens is 206 g/mol. The summed E-state index contributed by atoms with van der Waals surface area (Å²) in [6, 6.07) is 0. The van der Waals surface area contributed by atoms with E-state index >= 15 is 0 Å². The minimum Gasteiger partial charge on any atom is -0.354 e.